The molecule has 0 saturated heterocycles. The first-order valence-corrected chi connectivity index (χ1v) is 7.79. The molecule has 0 amide bonds. The van der Waals surface area contributed by atoms with E-state index >= 15 is 0 Å². The largest absolute Gasteiger partial charge is 0.399 e. The van der Waals surface area contributed by atoms with Crippen molar-refractivity contribution in [1.82, 2.24) is 10.1 Å². The zero-order chi connectivity index (χ0) is 14.8. The fourth-order valence-electron chi connectivity index (χ4n) is 2.24. The lowest BCUT2D eigenvalue weighted by Gasteiger charge is -2.09. The fraction of sp³-hybridized carbons (Fsp3) is 0.250. The van der Waals surface area contributed by atoms with Gasteiger partial charge in [0.15, 0.2) is 0 Å². The molecule has 0 saturated carbocycles. The van der Waals surface area contributed by atoms with Gasteiger partial charge in [0, 0.05) is 23.1 Å². The molecule has 21 heavy (non-hydrogen) atoms. The van der Waals surface area contributed by atoms with Crippen LogP contribution in [-0.2, 0) is 6.42 Å². The maximum Gasteiger partial charge on any atom is 0.227 e. The van der Waals surface area contributed by atoms with Crippen molar-refractivity contribution in [2.24, 2.45) is 0 Å². The predicted molar refractivity (Wildman–Crippen MR) is 85.3 cm³/mol. The number of thiophene rings is 1. The number of nitrogen functional groups attached to an aromatic ring is 1. The molecule has 4 nitrogen and oxygen atoms in total. The lowest BCUT2D eigenvalue weighted by Crippen LogP contribution is -1.99. The minimum absolute atomic E-state index is 0.308. The average molecular weight is 299 g/mol. The van der Waals surface area contributed by atoms with Crippen molar-refractivity contribution >= 4 is 17.0 Å². The number of aromatic nitrogens is 2. The van der Waals surface area contributed by atoms with Crippen molar-refractivity contribution < 1.29 is 4.52 Å². The molecule has 0 spiro atoms. The van der Waals surface area contributed by atoms with Gasteiger partial charge in [-0.1, -0.05) is 24.2 Å². The topological polar surface area (TPSA) is 64.9 Å². The summed E-state index contributed by atoms with van der Waals surface area (Å²) in [4.78, 5) is 4.50. The molecule has 1 atom stereocenters. The Kier molecular flexibility index (Phi) is 3.75. The van der Waals surface area contributed by atoms with Gasteiger partial charge < -0.3 is 10.3 Å². The molecule has 108 valence electrons. The summed E-state index contributed by atoms with van der Waals surface area (Å²) >= 11 is 1.65. The third-order valence-corrected chi connectivity index (χ3v) is 4.41. The second-order valence-electron chi connectivity index (χ2n) is 5.25. The highest BCUT2D eigenvalue weighted by molar-refractivity contribution is 7.08. The fourth-order valence-corrected chi connectivity index (χ4v) is 3.07. The molecular weight excluding hydrogens is 282 g/mol. The van der Waals surface area contributed by atoms with E-state index in [1.165, 1.54) is 11.1 Å². The minimum Gasteiger partial charge on any atom is -0.399 e. The van der Waals surface area contributed by atoms with E-state index in [2.05, 4.69) is 29.4 Å². The van der Waals surface area contributed by atoms with E-state index in [0.29, 0.717) is 17.6 Å². The molecule has 2 aromatic heterocycles. The monoisotopic (exact) mass is 299 g/mol. The molecule has 5 heteroatoms. The first kappa shape index (κ1) is 13.8. The Morgan fingerprint density at radius 2 is 2.00 bits per heavy atom. The molecule has 0 fully saturated rings. The van der Waals surface area contributed by atoms with Crippen LogP contribution in [0.5, 0.6) is 0 Å². The Hall–Kier alpha value is -2.14. The Bertz CT molecular complexity index is 730. The first-order valence-electron chi connectivity index (χ1n) is 6.84. The standard InChI is InChI=1S/C16H17N3OS/c1-10(12-3-5-13(17)6-4-12)7-15-18-16(19-20-15)14-9-21-8-11(14)2/h3-6,8-10H,7,17H2,1-2H3. The molecule has 2 N–H and O–H groups in total. The second kappa shape index (κ2) is 5.69. The Labute approximate surface area is 127 Å². The van der Waals surface area contributed by atoms with E-state index in [-0.39, 0.29) is 0 Å². The number of hydrogen-bond donors (Lipinski definition) is 1. The lowest BCUT2D eigenvalue weighted by atomic mass is 9.98. The van der Waals surface area contributed by atoms with Gasteiger partial charge in [0.25, 0.3) is 0 Å². The zero-order valence-electron chi connectivity index (χ0n) is 12.0. The van der Waals surface area contributed by atoms with Gasteiger partial charge in [-0.05, 0) is 41.5 Å². The maximum atomic E-state index is 5.71. The van der Waals surface area contributed by atoms with Crippen LogP contribution in [0.3, 0.4) is 0 Å². The molecule has 0 aliphatic rings. The molecule has 0 bridgehead atoms. The number of nitrogens with two attached hydrogens (primary N) is 1. The summed E-state index contributed by atoms with van der Waals surface area (Å²) < 4.78 is 5.38. The van der Waals surface area contributed by atoms with Crippen LogP contribution in [0.15, 0.2) is 39.5 Å². The van der Waals surface area contributed by atoms with Gasteiger partial charge >= 0.3 is 0 Å². The highest BCUT2D eigenvalue weighted by Crippen LogP contribution is 2.26. The maximum absolute atomic E-state index is 5.71. The smallest absolute Gasteiger partial charge is 0.227 e. The Morgan fingerprint density at radius 3 is 2.67 bits per heavy atom. The lowest BCUT2D eigenvalue weighted by molar-refractivity contribution is 0.372. The van der Waals surface area contributed by atoms with E-state index in [4.69, 9.17) is 10.3 Å². The molecule has 1 unspecified atom stereocenters. The Balaban J connectivity index is 1.75. The third kappa shape index (κ3) is 2.97. The van der Waals surface area contributed by atoms with Crippen LogP contribution in [-0.4, -0.2) is 10.1 Å². The van der Waals surface area contributed by atoms with E-state index < -0.39 is 0 Å². The molecule has 0 radical (unpaired) electrons. The average Bonchev–Trinajstić information content (AvgIpc) is 3.08. The zero-order valence-corrected chi connectivity index (χ0v) is 12.9. The van der Waals surface area contributed by atoms with E-state index in [9.17, 15) is 0 Å². The summed E-state index contributed by atoms with van der Waals surface area (Å²) in [5.41, 5.74) is 9.94. The van der Waals surface area contributed by atoms with Crippen molar-refractivity contribution in [1.29, 1.82) is 0 Å². The van der Waals surface area contributed by atoms with Crippen LogP contribution in [0.1, 0.15) is 29.9 Å². The summed E-state index contributed by atoms with van der Waals surface area (Å²) in [5.74, 6) is 1.65. The van der Waals surface area contributed by atoms with E-state index in [0.717, 1.165) is 17.7 Å². The summed E-state index contributed by atoms with van der Waals surface area (Å²) in [7, 11) is 0. The van der Waals surface area contributed by atoms with Gasteiger partial charge in [-0.15, -0.1) is 0 Å². The van der Waals surface area contributed by atoms with Gasteiger partial charge in [0.05, 0.1) is 0 Å². The van der Waals surface area contributed by atoms with Crippen molar-refractivity contribution in [3.8, 4) is 11.4 Å². The number of hydrogen-bond acceptors (Lipinski definition) is 5. The van der Waals surface area contributed by atoms with Crippen molar-refractivity contribution in [3.63, 3.8) is 0 Å². The van der Waals surface area contributed by atoms with Gasteiger partial charge in [0.2, 0.25) is 11.7 Å². The number of anilines is 1. The molecular formula is C16H17N3OS. The molecule has 0 aliphatic heterocycles. The number of rotatable bonds is 4. The number of aryl methyl sites for hydroxylation is 1. The summed E-state index contributed by atoms with van der Waals surface area (Å²) in [5, 5.41) is 8.22. The van der Waals surface area contributed by atoms with Crippen LogP contribution in [0, 0.1) is 6.92 Å². The summed E-state index contributed by atoms with van der Waals surface area (Å²) in [6.45, 7) is 4.20. The molecule has 2 heterocycles. The van der Waals surface area contributed by atoms with Crippen LogP contribution >= 0.6 is 11.3 Å². The molecule has 3 aromatic rings. The SMILES string of the molecule is Cc1cscc1-c1noc(CC(C)c2ccc(N)cc2)n1. The normalized spacial score (nSPS) is 12.5. The van der Waals surface area contributed by atoms with E-state index in [1.54, 1.807) is 11.3 Å². The van der Waals surface area contributed by atoms with Crippen molar-refractivity contribution in [2.75, 3.05) is 5.73 Å². The Morgan fingerprint density at radius 1 is 1.24 bits per heavy atom. The second-order valence-corrected chi connectivity index (χ2v) is 6.00. The first-order chi connectivity index (χ1) is 10.1. The van der Waals surface area contributed by atoms with Crippen LogP contribution in [0.25, 0.3) is 11.4 Å². The quantitative estimate of drug-likeness (QED) is 0.738. The number of nitrogens with zero attached hydrogens (tertiary/aromatic N) is 2. The van der Waals surface area contributed by atoms with Gasteiger partial charge in [-0.3, -0.25) is 0 Å². The van der Waals surface area contributed by atoms with Crippen LogP contribution in [0.2, 0.25) is 0 Å². The van der Waals surface area contributed by atoms with Crippen molar-refractivity contribution in [3.05, 3.63) is 52.0 Å². The highest BCUT2D eigenvalue weighted by Gasteiger charge is 2.15. The molecule has 3 rings (SSSR count). The highest BCUT2D eigenvalue weighted by atomic mass is 32.1. The summed E-state index contributed by atoms with van der Waals surface area (Å²) in [6.07, 6.45) is 0.722. The molecule has 1 aromatic carbocycles. The van der Waals surface area contributed by atoms with Crippen LogP contribution < -0.4 is 5.73 Å². The van der Waals surface area contributed by atoms with Gasteiger partial charge in [0.1, 0.15) is 0 Å². The summed E-state index contributed by atoms with van der Waals surface area (Å²) in [6, 6.07) is 7.92. The third-order valence-electron chi connectivity index (χ3n) is 3.55. The van der Waals surface area contributed by atoms with E-state index in [1.807, 2.05) is 29.6 Å². The number of benzene rings is 1. The minimum atomic E-state index is 0.308. The molecule has 0 aliphatic carbocycles. The predicted octanol–water partition coefficient (Wildman–Crippen LogP) is 4.03. The van der Waals surface area contributed by atoms with Gasteiger partial charge in [-0.2, -0.15) is 16.3 Å². The van der Waals surface area contributed by atoms with Crippen molar-refractivity contribution in [2.45, 2.75) is 26.2 Å². The van der Waals surface area contributed by atoms with Crippen LogP contribution in [0.4, 0.5) is 5.69 Å². The van der Waals surface area contributed by atoms with Gasteiger partial charge in [-0.25, -0.2) is 0 Å².